The van der Waals surface area contributed by atoms with Crippen molar-refractivity contribution in [3.63, 3.8) is 0 Å². The van der Waals surface area contributed by atoms with Crippen LogP contribution in [0.15, 0.2) is 24.3 Å². The van der Waals surface area contributed by atoms with Crippen LogP contribution >= 0.6 is 0 Å². The van der Waals surface area contributed by atoms with Crippen LogP contribution in [0.5, 0.6) is 0 Å². The summed E-state index contributed by atoms with van der Waals surface area (Å²) in [6.45, 7) is 2.81. The quantitative estimate of drug-likeness (QED) is 0.862. The van der Waals surface area contributed by atoms with Crippen molar-refractivity contribution in [2.24, 2.45) is 11.8 Å². The zero-order chi connectivity index (χ0) is 14.5. The van der Waals surface area contributed by atoms with Gasteiger partial charge in [0.15, 0.2) is 0 Å². The van der Waals surface area contributed by atoms with Crippen LogP contribution in [0.3, 0.4) is 0 Å². The number of carboxylic acid groups (broad SMARTS) is 1. The van der Waals surface area contributed by atoms with Gasteiger partial charge in [-0.2, -0.15) is 0 Å². The zero-order valence-corrected chi connectivity index (χ0v) is 11.5. The van der Waals surface area contributed by atoms with Crippen LogP contribution in [-0.4, -0.2) is 30.2 Å². The molecule has 1 saturated heterocycles. The number of carboxylic acids is 1. The van der Waals surface area contributed by atoms with Crippen molar-refractivity contribution in [3.05, 3.63) is 29.8 Å². The van der Waals surface area contributed by atoms with Gasteiger partial charge in [-0.1, -0.05) is 19.1 Å². The topological polar surface area (TPSA) is 75.6 Å². The molecule has 0 aromatic heterocycles. The number of amides is 1. The molecule has 2 rings (SSSR count). The third-order valence-electron chi connectivity index (χ3n) is 3.49. The smallest absolute Gasteiger partial charge is 0.306 e. The second-order valence-electron chi connectivity index (χ2n) is 5.19. The van der Waals surface area contributed by atoms with Crippen molar-refractivity contribution >= 4 is 17.6 Å². The first-order valence-electron chi connectivity index (χ1n) is 6.76. The van der Waals surface area contributed by atoms with Gasteiger partial charge in [0.25, 0.3) is 0 Å². The Balaban J connectivity index is 1.91. The number of carbonyl (C=O) groups is 2. The molecule has 0 spiro atoms. The largest absolute Gasteiger partial charge is 0.481 e. The lowest BCUT2D eigenvalue weighted by Crippen LogP contribution is -2.22. The molecule has 2 atom stereocenters. The van der Waals surface area contributed by atoms with Crippen LogP contribution in [0.4, 0.5) is 5.69 Å². The molecule has 108 valence electrons. The van der Waals surface area contributed by atoms with E-state index in [0.29, 0.717) is 19.6 Å². The van der Waals surface area contributed by atoms with Crippen LogP contribution in [0.25, 0.3) is 0 Å². The van der Waals surface area contributed by atoms with E-state index < -0.39 is 11.9 Å². The molecule has 5 nitrogen and oxygen atoms in total. The number of aliphatic carboxylic acids is 1. The first-order chi connectivity index (χ1) is 9.56. The maximum Gasteiger partial charge on any atom is 0.306 e. The van der Waals surface area contributed by atoms with E-state index in [1.54, 1.807) is 19.1 Å². The molecule has 1 fully saturated rings. The fraction of sp³-hybridized carbons (Fsp3) is 0.467. The van der Waals surface area contributed by atoms with Gasteiger partial charge in [0.1, 0.15) is 0 Å². The molecular formula is C15H19NO4. The predicted octanol–water partition coefficient (Wildman–Crippen LogP) is 1.92. The molecule has 5 heteroatoms. The van der Waals surface area contributed by atoms with Crippen molar-refractivity contribution in [2.45, 2.75) is 19.8 Å². The summed E-state index contributed by atoms with van der Waals surface area (Å²) in [4.78, 5) is 22.7. The highest BCUT2D eigenvalue weighted by Gasteiger charge is 2.23. The van der Waals surface area contributed by atoms with Gasteiger partial charge in [-0.25, -0.2) is 0 Å². The lowest BCUT2D eigenvalue weighted by atomic mass is 10.0. The highest BCUT2D eigenvalue weighted by atomic mass is 16.5. The Hall–Kier alpha value is -1.88. The Bertz CT molecular complexity index is 477. The molecule has 0 unspecified atom stereocenters. The van der Waals surface area contributed by atoms with Gasteiger partial charge in [0.2, 0.25) is 5.91 Å². The van der Waals surface area contributed by atoms with E-state index in [1.807, 2.05) is 12.1 Å². The zero-order valence-electron chi connectivity index (χ0n) is 11.5. The molecule has 0 saturated carbocycles. The number of hydrogen-bond acceptors (Lipinski definition) is 3. The highest BCUT2D eigenvalue weighted by molar-refractivity contribution is 5.92. The van der Waals surface area contributed by atoms with Crippen LogP contribution in [0, 0.1) is 11.8 Å². The lowest BCUT2D eigenvalue weighted by Gasteiger charge is -2.10. The van der Waals surface area contributed by atoms with Crippen molar-refractivity contribution in [1.82, 2.24) is 0 Å². The fourth-order valence-electron chi connectivity index (χ4n) is 2.15. The number of hydrogen-bond donors (Lipinski definition) is 2. The number of nitrogens with one attached hydrogen (secondary N) is 1. The van der Waals surface area contributed by atoms with Crippen molar-refractivity contribution in [3.8, 4) is 0 Å². The molecule has 0 bridgehead atoms. The summed E-state index contributed by atoms with van der Waals surface area (Å²) < 4.78 is 5.18. The number of rotatable bonds is 5. The molecule has 1 heterocycles. The predicted molar refractivity (Wildman–Crippen MR) is 74.5 cm³/mol. The van der Waals surface area contributed by atoms with Crippen molar-refractivity contribution in [2.75, 3.05) is 18.5 Å². The van der Waals surface area contributed by atoms with Crippen LogP contribution in [0.1, 0.15) is 18.9 Å². The van der Waals surface area contributed by atoms with E-state index in [-0.39, 0.29) is 11.8 Å². The second kappa shape index (κ2) is 6.52. The third kappa shape index (κ3) is 3.81. The minimum absolute atomic E-state index is 0.0193. The molecule has 0 radical (unpaired) electrons. The highest BCUT2D eigenvalue weighted by Crippen LogP contribution is 2.17. The molecule has 2 N–H and O–H groups in total. The van der Waals surface area contributed by atoms with E-state index >= 15 is 0 Å². The summed E-state index contributed by atoms with van der Waals surface area (Å²) in [5, 5.41) is 11.7. The molecule has 20 heavy (non-hydrogen) atoms. The normalized spacial score (nSPS) is 19.6. The molecule has 1 aliphatic heterocycles. The molecule has 0 aliphatic carbocycles. The Labute approximate surface area is 117 Å². The van der Waals surface area contributed by atoms with Gasteiger partial charge in [-0.3, -0.25) is 9.59 Å². The van der Waals surface area contributed by atoms with Gasteiger partial charge in [-0.15, -0.1) is 0 Å². The van der Waals surface area contributed by atoms with Gasteiger partial charge in [-0.05, 0) is 30.5 Å². The van der Waals surface area contributed by atoms with Crippen LogP contribution in [0.2, 0.25) is 0 Å². The maximum absolute atomic E-state index is 11.9. The summed E-state index contributed by atoms with van der Waals surface area (Å²) in [7, 11) is 0. The van der Waals surface area contributed by atoms with Gasteiger partial charge >= 0.3 is 5.97 Å². The first kappa shape index (κ1) is 14.5. The van der Waals surface area contributed by atoms with E-state index in [0.717, 1.165) is 17.7 Å². The molecule has 1 aromatic rings. The molecule has 1 aromatic carbocycles. The lowest BCUT2D eigenvalue weighted by molar-refractivity contribution is -0.141. The minimum Gasteiger partial charge on any atom is -0.481 e. The minimum atomic E-state index is -0.802. The van der Waals surface area contributed by atoms with Gasteiger partial charge < -0.3 is 15.2 Å². The van der Waals surface area contributed by atoms with E-state index in [4.69, 9.17) is 9.84 Å². The number of benzene rings is 1. The summed E-state index contributed by atoms with van der Waals surface area (Å²) in [6, 6.07) is 7.30. The van der Waals surface area contributed by atoms with Crippen LogP contribution < -0.4 is 5.32 Å². The van der Waals surface area contributed by atoms with Gasteiger partial charge in [0.05, 0.1) is 18.4 Å². The Morgan fingerprint density at radius 1 is 1.40 bits per heavy atom. The monoisotopic (exact) mass is 277 g/mol. The summed E-state index contributed by atoms with van der Waals surface area (Å²) >= 11 is 0. The number of ether oxygens (including phenoxy) is 1. The summed E-state index contributed by atoms with van der Waals surface area (Å²) in [5.74, 6) is -1.30. The Morgan fingerprint density at radius 2 is 2.10 bits per heavy atom. The van der Waals surface area contributed by atoms with Gasteiger partial charge in [0, 0.05) is 12.3 Å². The molecule has 1 aliphatic rings. The Morgan fingerprint density at radius 3 is 2.65 bits per heavy atom. The molecular weight excluding hydrogens is 258 g/mol. The van der Waals surface area contributed by atoms with E-state index in [2.05, 4.69) is 5.32 Å². The fourth-order valence-corrected chi connectivity index (χ4v) is 2.15. The van der Waals surface area contributed by atoms with Crippen molar-refractivity contribution in [1.29, 1.82) is 0 Å². The maximum atomic E-state index is 11.9. The third-order valence-corrected chi connectivity index (χ3v) is 3.49. The standard InChI is InChI=1S/C15H19NO4/c1-10(15(18)19)8-11-2-4-13(5-3-11)16-14(17)12-6-7-20-9-12/h2-5,10,12H,6-9H2,1H3,(H,16,17)(H,18,19)/t10-,12-/m0/s1. The van der Waals surface area contributed by atoms with E-state index in [1.165, 1.54) is 0 Å². The molecule has 1 amide bonds. The first-order valence-corrected chi connectivity index (χ1v) is 6.76. The Kier molecular flexibility index (Phi) is 4.74. The SMILES string of the molecule is C[C@@H](Cc1ccc(NC(=O)[C@H]2CCOC2)cc1)C(=O)O. The van der Waals surface area contributed by atoms with Crippen molar-refractivity contribution < 1.29 is 19.4 Å². The van der Waals surface area contributed by atoms with E-state index in [9.17, 15) is 9.59 Å². The van der Waals surface area contributed by atoms with Crippen LogP contribution in [-0.2, 0) is 20.7 Å². The number of carbonyl (C=O) groups excluding carboxylic acids is 1. The summed E-state index contributed by atoms with van der Waals surface area (Å²) in [5.41, 5.74) is 1.68. The average Bonchev–Trinajstić information content (AvgIpc) is 2.95. The second-order valence-corrected chi connectivity index (χ2v) is 5.19. The summed E-state index contributed by atoms with van der Waals surface area (Å²) in [6.07, 6.45) is 1.25. The average molecular weight is 277 g/mol. The number of anilines is 1.